The molecule has 1 aliphatic heterocycles. The first-order valence-corrected chi connectivity index (χ1v) is 8.90. The fraction of sp³-hybridized carbons (Fsp3) is 0.632. The van der Waals surface area contributed by atoms with Crippen LogP contribution in [0.3, 0.4) is 0 Å². The number of rotatable bonds is 7. The number of carbonyl (C=O) groups is 1. The summed E-state index contributed by atoms with van der Waals surface area (Å²) < 4.78 is 11.2. The van der Waals surface area contributed by atoms with Gasteiger partial charge in [0, 0.05) is 31.6 Å². The summed E-state index contributed by atoms with van der Waals surface area (Å²) in [5, 5.41) is 2.87. The Morgan fingerprint density at radius 3 is 2.76 bits per heavy atom. The molecule has 0 saturated heterocycles. The third-order valence-electron chi connectivity index (χ3n) is 5.25. The molecule has 1 unspecified atom stereocenters. The third kappa shape index (κ3) is 4.04. The third-order valence-corrected chi connectivity index (χ3v) is 5.25. The molecule has 0 bridgehead atoms. The van der Waals surface area contributed by atoms with E-state index in [9.17, 15) is 4.79 Å². The van der Waals surface area contributed by atoms with E-state index < -0.39 is 0 Å². The van der Waals surface area contributed by atoms with Crippen molar-refractivity contribution in [1.82, 2.24) is 10.2 Å². The highest BCUT2D eigenvalue weighted by Crippen LogP contribution is 2.48. The van der Waals surface area contributed by atoms with Crippen molar-refractivity contribution < 1.29 is 14.3 Å². The molecule has 0 aromatic heterocycles. The van der Waals surface area contributed by atoms with E-state index in [1.807, 2.05) is 0 Å². The zero-order valence-electron chi connectivity index (χ0n) is 15.4. The minimum absolute atomic E-state index is 0. The van der Waals surface area contributed by atoms with Crippen LogP contribution in [-0.2, 0) is 17.6 Å². The Morgan fingerprint density at radius 1 is 1.28 bits per heavy atom. The van der Waals surface area contributed by atoms with Gasteiger partial charge in [-0.3, -0.25) is 9.69 Å². The van der Waals surface area contributed by atoms with Gasteiger partial charge < -0.3 is 14.8 Å². The SMILES string of the molecule is COc1cc2c3c(c1OC)CCC3N(CCCCNC(C)=O)CC2.Cl. The summed E-state index contributed by atoms with van der Waals surface area (Å²) in [6, 6.07) is 2.69. The first kappa shape index (κ1) is 19.9. The Balaban J connectivity index is 0.00000225. The molecule has 1 N–H and O–H groups in total. The lowest BCUT2D eigenvalue weighted by Gasteiger charge is -2.35. The van der Waals surface area contributed by atoms with Crippen LogP contribution in [0.5, 0.6) is 11.5 Å². The van der Waals surface area contributed by atoms with E-state index in [1.165, 1.54) is 16.7 Å². The van der Waals surface area contributed by atoms with Gasteiger partial charge in [0.05, 0.1) is 14.2 Å². The van der Waals surface area contributed by atoms with Gasteiger partial charge in [0.2, 0.25) is 5.91 Å². The van der Waals surface area contributed by atoms with Gasteiger partial charge in [0.1, 0.15) is 0 Å². The summed E-state index contributed by atoms with van der Waals surface area (Å²) in [6.07, 6.45) is 5.46. The standard InChI is InChI=1S/C19H28N2O3.ClH/c1-13(22)20-9-4-5-10-21-11-8-14-12-17(23-2)19(24-3)15-6-7-16(21)18(14)15;/h12,16H,4-11H2,1-3H3,(H,20,22);1H. The number of hydrogen-bond donors (Lipinski definition) is 1. The molecule has 1 aromatic rings. The molecule has 1 aliphatic carbocycles. The van der Waals surface area contributed by atoms with E-state index in [2.05, 4.69) is 16.3 Å². The number of benzene rings is 1. The Labute approximate surface area is 156 Å². The van der Waals surface area contributed by atoms with Crippen LogP contribution < -0.4 is 14.8 Å². The second-order valence-electron chi connectivity index (χ2n) is 6.69. The summed E-state index contributed by atoms with van der Waals surface area (Å²) in [6.45, 7) is 4.55. The van der Waals surface area contributed by atoms with Gasteiger partial charge in [-0.1, -0.05) is 0 Å². The fourth-order valence-electron chi connectivity index (χ4n) is 4.19. The Kier molecular flexibility index (Phi) is 6.96. The first-order chi connectivity index (χ1) is 11.7. The quantitative estimate of drug-likeness (QED) is 0.752. The number of amides is 1. The number of unbranched alkanes of at least 4 members (excludes halogenated alkanes) is 1. The van der Waals surface area contributed by atoms with Crippen molar-refractivity contribution in [2.75, 3.05) is 33.9 Å². The van der Waals surface area contributed by atoms with Crippen molar-refractivity contribution in [2.45, 2.75) is 45.1 Å². The minimum Gasteiger partial charge on any atom is -0.493 e. The molecule has 1 aromatic carbocycles. The average Bonchev–Trinajstić information content (AvgIpc) is 3.02. The molecule has 1 atom stereocenters. The second kappa shape index (κ2) is 8.77. The topological polar surface area (TPSA) is 50.8 Å². The van der Waals surface area contributed by atoms with E-state index in [0.29, 0.717) is 6.04 Å². The molecule has 1 heterocycles. The minimum atomic E-state index is 0. The lowest BCUT2D eigenvalue weighted by Crippen LogP contribution is -2.35. The molecule has 5 nitrogen and oxygen atoms in total. The number of ether oxygens (including phenoxy) is 2. The number of carbonyl (C=O) groups excluding carboxylic acids is 1. The van der Waals surface area contributed by atoms with Crippen LogP contribution in [0.15, 0.2) is 6.07 Å². The Morgan fingerprint density at radius 2 is 2.08 bits per heavy atom. The van der Waals surface area contributed by atoms with E-state index in [4.69, 9.17) is 9.47 Å². The molecular weight excluding hydrogens is 340 g/mol. The molecule has 3 rings (SSSR count). The lowest BCUT2D eigenvalue weighted by molar-refractivity contribution is -0.118. The molecule has 2 aliphatic rings. The smallest absolute Gasteiger partial charge is 0.216 e. The summed E-state index contributed by atoms with van der Waals surface area (Å²) in [4.78, 5) is 13.5. The maximum absolute atomic E-state index is 10.9. The highest BCUT2D eigenvalue weighted by atomic mass is 35.5. The molecule has 0 spiro atoms. The lowest BCUT2D eigenvalue weighted by atomic mass is 9.92. The number of nitrogens with zero attached hydrogens (tertiary/aromatic N) is 1. The van der Waals surface area contributed by atoms with Crippen molar-refractivity contribution in [1.29, 1.82) is 0 Å². The average molecular weight is 369 g/mol. The van der Waals surface area contributed by atoms with E-state index in [1.54, 1.807) is 21.1 Å². The van der Waals surface area contributed by atoms with Gasteiger partial charge in [-0.05, 0) is 55.8 Å². The van der Waals surface area contributed by atoms with Crippen LogP contribution in [0.4, 0.5) is 0 Å². The van der Waals surface area contributed by atoms with Gasteiger partial charge in [0.15, 0.2) is 11.5 Å². The second-order valence-corrected chi connectivity index (χ2v) is 6.69. The van der Waals surface area contributed by atoms with Crippen LogP contribution in [-0.4, -0.2) is 44.7 Å². The van der Waals surface area contributed by atoms with Crippen molar-refractivity contribution in [2.24, 2.45) is 0 Å². The zero-order valence-corrected chi connectivity index (χ0v) is 16.2. The van der Waals surface area contributed by atoms with Crippen molar-refractivity contribution in [3.05, 3.63) is 22.8 Å². The molecule has 1 amide bonds. The first-order valence-electron chi connectivity index (χ1n) is 8.90. The van der Waals surface area contributed by atoms with Gasteiger partial charge in [0.25, 0.3) is 0 Å². The van der Waals surface area contributed by atoms with Gasteiger partial charge in [-0.15, -0.1) is 12.4 Å². The van der Waals surface area contributed by atoms with Crippen LogP contribution in [0.1, 0.15) is 48.9 Å². The van der Waals surface area contributed by atoms with Crippen LogP contribution in [0.2, 0.25) is 0 Å². The molecule has 0 fully saturated rings. The molecule has 0 saturated carbocycles. The zero-order chi connectivity index (χ0) is 17.1. The van der Waals surface area contributed by atoms with Crippen LogP contribution in [0.25, 0.3) is 0 Å². The van der Waals surface area contributed by atoms with Crippen molar-refractivity contribution in [3.8, 4) is 11.5 Å². The summed E-state index contributed by atoms with van der Waals surface area (Å²) in [7, 11) is 3.45. The normalized spacial score (nSPS) is 18.3. The molecule has 6 heteroatoms. The summed E-state index contributed by atoms with van der Waals surface area (Å²) in [5.74, 6) is 1.85. The van der Waals surface area contributed by atoms with Crippen molar-refractivity contribution in [3.63, 3.8) is 0 Å². The number of halogens is 1. The fourth-order valence-corrected chi connectivity index (χ4v) is 4.19. The number of methoxy groups -OCH3 is 2. The van der Waals surface area contributed by atoms with Gasteiger partial charge in [-0.25, -0.2) is 0 Å². The maximum atomic E-state index is 10.9. The monoisotopic (exact) mass is 368 g/mol. The van der Waals surface area contributed by atoms with Crippen LogP contribution in [0, 0.1) is 0 Å². The molecule has 25 heavy (non-hydrogen) atoms. The predicted octanol–water partition coefficient (Wildman–Crippen LogP) is 2.89. The highest BCUT2D eigenvalue weighted by molar-refractivity contribution is 5.85. The molecule has 0 radical (unpaired) electrons. The Bertz CT molecular complexity index is 621. The van der Waals surface area contributed by atoms with E-state index in [0.717, 1.165) is 63.2 Å². The maximum Gasteiger partial charge on any atom is 0.216 e. The number of hydrogen-bond acceptors (Lipinski definition) is 4. The highest BCUT2D eigenvalue weighted by Gasteiger charge is 2.36. The summed E-state index contributed by atoms with van der Waals surface area (Å²) in [5.41, 5.74) is 4.26. The Hall–Kier alpha value is -1.46. The van der Waals surface area contributed by atoms with Gasteiger partial charge >= 0.3 is 0 Å². The van der Waals surface area contributed by atoms with E-state index in [-0.39, 0.29) is 18.3 Å². The number of nitrogens with one attached hydrogen (secondary N) is 1. The van der Waals surface area contributed by atoms with Crippen molar-refractivity contribution >= 4 is 18.3 Å². The molecular formula is C19H29ClN2O3. The predicted molar refractivity (Wildman–Crippen MR) is 101 cm³/mol. The largest absolute Gasteiger partial charge is 0.493 e. The van der Waals surface area contributed by atoms with Gasteiger partial charge in [-0.2, -0.15) is 0 Å². The van der Waals surface area contributed by atoms with E-state index >= 15 is 0 Å². The summed E-state index contributed by atoms with van der Waals surface area (Å²) >= 11 is 0. The molecule has 140 valence electrons. The van der Waals surface area contributed by atoms with Crippen LogP contribution >= 0.6 is 12.4 Å².